The van der Waals surface area contributed by atoms with Gasteiger partial charge in [-0.15, -0.1) is 0 Å². The summed E-state index contributed by atoms with van der Waals surface area (Å²) in [6.07, 6.45) is 11.3. The summed E-state index contributed by atoms with van der Waals surface area (Å²) in [4.78, 5) is 4.40. The van der Waals surface area contributed by atoms with Gasteiger partial charge < -0.3 is 13.4 Å². The third-order valence-corrected chi connectivity index (χ3v) is 8.25. The molecule has 260 valence electrons. The van der Waals surface area contributed by atoms with Crippen LogP contribution in [0.2, 0.25) is 0 Å². The van der Waals surface area contributed by atoms with Crippen molar-refractivity contribution in [3.05, 3.63) is 88.3 Å². The second kappa shape index (κ2) is 18.6. The molecule has 3 aromatic heterocycles. The molecule has 1 aliphatic rings. The van der Waals surface area contributed by atoms with Gasteiger partial charge in [-0.1, -0.05) is 130 Å². The largest absolute Gasteiger partial charge is 0.469 e. The van der Waals surface area contributed by atoms with Crippen molar-refractivity contribution in [3.8, 4) is 0 Å². The first-order valence-electron chi connectivity index (χ1n) is 17.8. The summed E-state index contributed by atoms with van der Waals surface area (Å²) in [7, 11) is 2.06. The van der Waals surface area contributed by atoms with Crippen LogP contribution in [0, 0.1) is 11.3 Å². The number of aromatic nitrogens is 2. The molecule has 0 saturated carbocycles. The Hall–Kier alpha value is -2.75. The third-order valence-electron chi connectivity index (χ3n) is 8.25. The smallest absolute Gasteiger partial charge is 0.109 e. The van der Waals surface area contributed by atoms with Crippen LogP contribution in [0.4, 0.5) is 0 Å². The van der Waals surface area contributed by atoms with Crippen molar-refractivity contribution in [2.75, 3.05) is 0 Å². The van der Waals surface area contributed by atoms with Crippen molar-refractivity contribution >= 4 is 0 Å². The molecule has 0 radical (unpaired) electrons. The van der Waals surface area contributed by atoms with Crippen LogP contribution in [0.3, 0.4) is 0 Å². The van der Waals surface area contributed by atoms with Crippen molar-refractivity contribution in [1.82, 2.24) is 9.55 Å². The summed E-state index contributed by atoms with van der Waals surface area (Å²) in [5, 5.41) is 0. The zero-order chi connectivity index (χ0) is 35.5. The molecule has 0 unspecified atom stereocenters. The standard InChI is InChI=1S/C12H20.C10H18N2.2C10H16O/c1-9(2)10-7-6-8-11(10)12(3,4)5;1-7(2)9-10(8(3)4)12(5)6-11-9;2*1-7(2)9-5-6-11-10(9)8(3)4/h7-9H,6H2,1-5H3;6-8H,1-5H3;2*5-8H,1-4H3. The van der Waals surface area contributed by atoms with Gasteiger partial charge in [-0.2, -0.15) is 0 Å². The molecule has 4 nitrogen and oxygen atoms in total. The molecule has 0 N–H and O–H groups in total. The van der Waals surface area contributed by atoms with Crippen LogP contribution in [-0.2, 0) is 7.05 Å². The molecule has 0 aromatic carbocycles. The molecule has 46 heavy (non-hydrogen) atoms. The van der Waals surface area contributed by atoms with E-state index < -0.39 is 0 Å². The Labute approximate surface area is 284 Å². The topological polar surface area (TPSA) is 44.1 Å². The maximum absolute atomic E-state index is 5.39. The molecule has 4 rings (SSSR count). The zero-order valence-corrected chi connectivity index (χ0v) is 33.0. The lowest BCUT2D eigenvalue weighted by Crippen LogP contribution is -2.12. The molecule has 0 fully saturated rings. The number of allylic oxidation sites excluding steroid dienone is 4. The van der Waals surface area contributed by atoms with E-state index in [2.05, 4.69) is 159 Å². The van der Waals surface area contributed by atoms with Crippen molar-refractivity contribution in [2.24, 2.45) is 18.4 Å². The number of hydrogen-bond acceptors (Lipinski definition) is 3. The highest BCUT2D eigenvalue weighted by molar-refractivity contribution is 5.41. The predicted octanol–water partition coefficient (Wildman–Crippen LogP) is 13.7. The second-order valence-electron chi connectivity index (χ2n) is 16.0. The summed E-state index contributed by atoms with van der Waals surface area (Å²) in [5.41, 5.74) is 8.74. The molecule has 0 bridgehead atoms. The average molecular weight is 635 g/mol. The van der Waals surface area contributed by atoms with Gasteiger partial charge in [-0.3, -0.25) is 0 Å². The van der Waals surface area contributed by atoms with E-state index in [0.717, 1.165) is 17.9 Å². The molecule has 0 atom stereocenters. The summed E-state index contributed by atoms with van der Waals surface area (Å²) in [5.74, 6) is 6.21. The van der Waals surface area contributed by atoms with Crippen molar-refractivity contribution in [1.29, 1.82) is 0 Å². The van der Waals surface area contributed by atoms with Crippen molar-refractivity contribution in [2.45, 2.75) is 160 Å². The van der Waals surface area contributed by atoms with Gasteiger partial charge in [0.05, 0.1) is 24.5 Å². The fraction of sp³-hybridized carbons (Fsp3) is 0.643. The minimum absolute atomic E-state index is 0.326. The van der Waals surface area contributed by atoms with Gasteiger partial charge in [0.15, 0.2) is 0 Å². The lowest BCUT2D eigenvalue weighted by molar-refractivity contribution is 0.479. The van der Waals surface area contributed by atoms with Crippen LogP contribution in [0.15, 0.2) is 63.1 Å². The molecule has 0 amide bonds. The Morgan fingerprint density at radius 1 is 0.609 bits per heavy atom. The SMILES string of the molecule is CC(C)C1=CCC=C1C(C)(C)C.CC(C)c1ccoc1C(C)C.CC(C)c1ccoc1C(C)C.CC(C)c1ncn(C)c1C(C)C. The lowest BCUT2D eigenvalue weighted by atomic mass is 9.80. The Morgan fingerprint density at radius 2 is 1.07 bits per heavy atom. The first kappa shape index (κ1) is 41.3. The molecule has 1 aliphatic carbocycles. The van der Waals surface area contributed by atoms with Gasteiger partial charge in [-0.25, -0.2) is 4.98 Å². The molecular weight excluding hydrogens is 564 g/mol. The first-order chi connectivity index (χ1) is 21.2. The van der Waals surface area contributed by atoms with E-state index in [0.29, 0.717) is 46.8 Å². The van der Waals surface area contributed by atoms with Crippen LogP contribution < -0.4 is 0 Å². The highest BCUT2D eigenvalue weighted by Gasteiger charge is 2.24. The third kappa shape index (κ3) is 12.1. The maximum Gasteiger partial charge on any atom is 0.109 e. The highest BCUT2D eigenvalue weighted by Crippen LogP contribution is 2.38. The van der Waals surface area contributed by atoms with E-state index in [1.165, 1.54) is 22.5 Å². The van der Waals surface area contributed by atoms with Crippen LogP contribution in [0.25, 0.3) is 0 Å². The Bertz CT molecular complexity index is 1250. The molecular formula is C42H70N2O2. The van der Waals surface area contributed by atoms with E-state index in [-0.39, 0.29) is 0 Å². The van der Waals surface area contributed by atoms with E-state index >= 15 is 0 Å². The van der Waals surface area contributed by atoms with Crippen LogP contribution >= 0.6 is 0 Å². The van der Waals surface area contributed by atoms with Gasteiger partial charge in [0.2, 0.25) is 0 Å². The van der Waals surface area contributed by atoms with Gasteiger partial charge in [0.25, 0.3) is 0 Å². The van der Waals surface area contributed by atoms with Crippen LogP contribution in [-0.4, -0.2) is 9.55 Å². The van der Waals surface area contributed by atoms with E-state index in [1.54, 1.807) is 23.7 Å². The average Bonchev–Trinajstić information content (AvgIpc) is 3.74. The number of furan rings is 2. The van der Waals surface area contributed by atoms with Crippen molar-refractivity contribution in [3.63, 3.8) is 0 Å². The number of nitrogens with zero attached hydrogens (tertiary/aromatic N) is 2. The van der Waals surface area contributed by atoms with Gasteiger partial charge in [0.1, 0.15) is 11.5 Å². The molecule has 0 spiro atoms. The summed E-state index contributed by atoms with van der Waals surface area (Å²) in [6.45, 7) is 37.6. The van der Waals surface area contributed by atoms with E-state index in [1.807, 2.05) is 6.33 Å². The monoisotopic (exact) mass is 635 g/mol. The molecule has 0 aliphatic heterocycles. The normalized spacial score (nSPS) is 13.2. The van der Waals surface area contributed by atoms with E-state index in [9.17, 15) is 0 Å². The minimum atomic E-state index is 0.326. The molecule has 4 heteroatoms. The lowest BCUT2D eigenvalue weighted by Gasteiger charge is -2.25. The van der Waals surface area contributed by atoms with Crippen LogP contribution in [0.1, 0.15) is 194 Å². The van der Waals surface area contributed by atoms with Gasteiger partial charge >= 0.3 is 0 Å². The zero-order valence-electron chi connectivity index (χ0n) is 33.0. The maximum atomic E-state index is 5.39. The fourth-order valence-electron chi connectivity index (χ4n) is 5.98. The number of aryl methyl sites for hydroxylation is 1. The van der Waals surface area contributed by atoms with Crippen LogP contribution in [0.5, 0.6) is 0 Å². The molecule has 0 saturated heterocycles. The second-order valence-corrected chi connectivity index (χ2v) is 16.0. The Morgan fingerprint density at radius 3 is 1.33 bits per heavy atom. The first-order valence-corrected chi connectivity index (χ1v) is 17.8. The van der Waals surface area contributed by atoms with Gasteiger partial charge in [-0.05, 0) is 75.8 Å². The number of hydrogen-bond donors (Lipinski definition) is 0. The number of rotatable bonds is 7. The Balaban J connectivity index is 0.000000307. The molecule has 3 heterocycles. The number of imidazole rings is 1. The van der Waals surface area contributed by atoms with Gasteiger partial charge in [0, 0.05) is 24.6 Å². The fourth-order valence-corrected chi connectivity index (χ4v) is 5.98. The summed E-state index contributed by atoms with van der Waals surface area (Å²) in [6, 6.07) is 4.14. The summed E-state index contributed by atoms with van der Waals surface area (Å²) >= 11 is 0. The highest BCUT2D eigenvalue weighted by atomic mass is 16.3. The quantitative estimate of drug-likeness (QED) is 0.260. The Kier molecular flexibility index (Phi) is 16.6. The van der Waals surface area contributed by atoms with Crippen molar-refractivity contribution < 1.29 is 8.83 Å². The molecule has 3 aromatic rings. The van der Waals surface area contributed by atoms with E-state index in [4.69, 9.17) is 8.83 Å². The minimum Gasteiger partial charge on any atom is -0.469 e. The predicted molar refractivity (Wildman–Crippen MR) is 200 cm³/mol. The summed E-state index contributed by atoms with van der Waals surface area (Å²) < 4.78 is 12.9.